The van der Waals surface area contributed by atoms with Gasteiger partial charge in [0.25, 0.3) is 0 Å². The van der Waals surface area contributed by atoms with E-state index in [4.69, 9.17) is 9.84 Å². The summed E-state index contributed by atoms with van der Waals surface area (Å²) in [5.41, 5.74) is 1.02. The Balaban J connectivity index is 2.60. The van der Waals surface area contributed by atoms with Crippen LogP contribution in [0, 0.1) is 5.41 Å². The summed E-state index contributed by atoms with van der Waals surface area (Å²) in [6.45, 7) is 6.54. The molecule has 0 spiro atoms. The van der Waals surface area contributed by atoms with Crippen molar-refractivity contribution >= 4 is 11.9 Å². The van der Waals surface area contributed by atoms with Crippen molar-refractivity contribution in [1.82, 2.24) is 5.32 Å². The summed E-state index contributed by atoms with van der Waals surface area (Å²) in [6, 6.07) is 4.75. The molecule has 1 aromatic carbocycles. The molecular formula is C16H23NO4. The Morgan fingerprint density at radius 2 is 1.95 bits per heavy atom. The Bertz CT molecular complexity index is 517. The lowest BCUT2D eigenvalue weighted by Gasteiger charge is -2.17. The molecule has 0 unspecified atom stereocenters. The highest BCUT2D eigenvalue weighted by Gasteiger charge is 2.15. The highest BCUT2D eigenvalue weighted by molar-refractivity contribution is 5.88. The molecule has 21 heavy (non-hydrogen) atoms. The van der Waals surface area contributed by atoms with Gasteiger partial charge in [0.2, 0.25) is 5.91 Å². The molecule has 0 radical (unpaired) electrons. The van der Waals surface area contributed by atoms with Gasteiger partial charge in [-0.2, -0.15) is 0 Å². The largest absolute Gasteiger partial charge is 0.496 e. The minimum atomic E-state index is -0.988. The van der Waals surface area contributed by atoms with Crippen LogP contribution in [0.4, 0.5) is 0 Å². The Morgan fingerprint density at radius 1 is 1.29 bits per heavy atom. The number of carbonyl (C=O) groups excluding carboxylic acids is 1. The number of ether oxygens (including phenoxy) is 1. The first kappa shape index (κ1) is 17.0. The van der Waals surface area contributed by atoms with Crippen molar-refractivity contribution in [2.24, 2.45) is 5.41 Å². The number of hydrogen-bond acceptors (Lipinski definition) is 3. The molecule has 116 valence electrons. The van der Waals surface area contributed by atoms with E-state index < -0.39 is 5.97 Å². The smallest absolute Gasteiger partial charge is 0.335 e. The van der Waals surface area contributed by atoms with E-state index >= 15 is 0 Å². The molecule has 5 heteroatoms. The minimum Gasteiger partial charge on any atom is -0.496 e. The monoisotopic (exact) mass is 293 g/mol. The molecule has 0 atom stereocenters. The number of hydrogen-bond donors (Lipinski definition) is 2. The highest BCUT2D eigenvalue weighted by Crippen LogP contribution is 2.21. The second kappa shape index (κ2) is 7.11. The van der Waals surface area contributed by atoms with Crippen molar-refractivity contribution < 1.29 is 19.4 Å². The van der Waals surface area contributed by atoms with Gasteiger partial charge in [0.15, 0.2) is 0 Å². The molecule has 0 aliphatic carbocycles. The number of rotatable bonds is 6. The number of amides is 1. The van der Waals surface area contributed by atoms with E-state index in [0.717, 1.165) is 5.56 Å². The third-order valence-corrected chi connectivity index (χ3v) is 2.94. The van der Waals surface area contributed by atoms with Gasteiger partial charge in [-0.15, -0.1) is 0 Å². The topological polar surface area (TPSA) is 75.6 Å². The van der Waals surface area contributed by atoms with Gasteiger partial charge in [0.1, 0.15) is 5.75 Å². The van der Waals surface area contributed by atoms with E-state index in [0.29, 0.717) is 25.1 Å². The molecule has 0 heterocycles. The second-order valence-corrected chi connectivity index (χ2v) is 6.17. The van der Waals surface area contributed by atoms with Crippen LogP contribution in [-0.4, -0.2) is 30.6 Å². The summed E-state index contributed by atoms with van der Waals surface area (Å²) in [7, 11) is 1.50. The number of nitrogens with one attached hydrogen (secondary N) is 1. The Kier molecular flexibility index (Phi) is 5.76. The zero-order chi connectivity index (χ0) is 16.0. The lowest BCUT2D eigenvalue weighted by Crippen LogP contribution is -2.29. The number of carboxylic acid groups (broad SMARTS) is 1. The Morgan fingerprint density at radius 3 is 2.48 bits per heavy atom. The zero-order valence-corrected chi connectivity index (χ0v) is 13.0. The van der Waals surface area contributed by atoms with Gasteiger partial charge < -0.3 is 15.2 Å². The number of aromatic carboxylic acids is 1. The average Bonchev–Trinajstić information content (AvgIpc) is 2.36. The quantitative estimate of drug-likeness (QED) is 0.845. The van der Waals surface area contributed by atoms with Crippen molar-refractivity contribution in [1.29, 1.82) is 0 Å². The fraction of sp³-hybridized carbons (Fsp3) is 0.500. The van der Waals surface area contributed by atoms with Crippen LogP contribution in [0.3, 0.4) is 0 Å². The molecule has 0 aliphatic rings. The lowest BCUT2D eigenvalue weighted by atomic mass is 9.92. The molecule has 0 bridgehead atoms. The van der Waals surface area contributed by atoms with E-state index in [9.17, 15) is 9.59 Å². The standard InChI is InChI=1S/C16H23NO4/c1-16(2,3)10-14(18)17-8-7-11-5-6-12(15(19)20)9-13(11)21-4/h5-6,9H,7-8,10H2,1-4H3,(H,17,18)(H,19,20). The lowest BCUT2D eigenvalue weighted by molar-refractivity contribution is -0.122. The molecular weight excluding hydrogens is 270 g/mol. The molecule has 2 N–H and O–H groups in total. The number of methoxy groups -OCH3 is 1. The van der Waals surface area contributed by atoms with Crippen LogP contribution in [0.1, 0.15) is 43.1 Å². The number of benzene rings is 1. The molecule has 5 nitrogen and oxygen atoms in total. The van der Waals surface area contributed by atoms with Gasteiger partial charge in [0, 0.05) is 13.0 Å². The average molecular weight is 293 g/mol. The fourth-order valence-electron chi connectivity index (χ4n) is 1.96. The molecule has 1 amide bonds. The van der Waals surface area contributed by atoms with Gasteiger partial charge in [-0.05, 0) is 29.5 Å². The summed E-state index contributed by atoms with van der Waals surface area (Å²) < 4.78 is 5.20. The Hall–Kier alpha value is -2.04. The minimum absolute atomic E-state index is 0.0172. The predicted molar refractivity (Wildman–Crippen MR) is 80.7 cm³/mol. The predicted octanol–water partition coefficient (Wildman–Crippen LogP) is 2.49. The zero-order valence-electron chi connectivity index (χ0n) is 13.0. The van der Waals surface area contributed by atoms with Crippen molar-refractivity contribution in [2.75, 3.05) is 13.7 Å². The van der Waals surface area contributed by atoms with Crippen molar-refractivity contribution in [3.63, 3.8) is 0 Å². The van der Waals surface area contributed by atoms with Crippen LogP contribution >= 0.6 is 0 Å². The summed E-state index contributed by atoms with van der Waals surface area (Å²) in [5, 5.41) is 11.8. The molecule has 0 fully saturated rings. The van der Waals surface area contributed by atoms with Gasteiger partial charge in [-0.1, -0.05) is 26.8 Å². The van der Waals surface area contributed by atoms with E-state index in [1.54, 1.807) is 6.07 Å². The first-order valence-electron chi connectivity index (χ1n) is 6.90. The van der Waals surface area contributed by atoms with Gasteiger partial charge >= 0.3 is 5.97 Å². The van der Waals surface area contributed by atoms with Crippen LogP contribution in [0.2, 0.25) is 0 Å². The molecule has 0 saturated heterocycles. The van der Waals surface area contributed by atoms with Crippen LogP contribution < -0.4 is 10.1 Å². The SMILES string of the molecule is COc1cc(C(=O)O)ccc1CCNC(=O)CC(C)(C)C. The number of carbonyl (C=O) groups is 2. The van der Waals surface area contributed by atoms with Crippen molar-refractivity contribution in [2.45, 2.75) is 33.6 Å². The van der Waals surface area contributed by atoms with E-state index in [2.05, 4.69) is 5.32 Å². The maximum absolute atomic E-state index is 11.7. The van der Waals surface area contributed by atoms with Gasteiger partial charge in [-0.3, -0.25) is 4.79 Å². The van der Waals surface area contributed by atoms with Crippen molar-refractivity contribution in [3.8, 4) is 5.75 Å². The normalized spacial score (nSPS) is 11.0. The fourth-order valence-corrected chi connectivity index (χ4v) is 1.96. The highest BCUT2D eigenvalue weighted by atomic mass is 16.5. The molecule has 1 aromatic rings. The van der Waals surface area contributed by atoms with Gasteiger partial charge in [0.05, 0.1) is 12.7 Å². The van der Waals surface area contributed by atoms with E-state index in [1.165, 1.54) is 19.2 Å². The molecule has 0 saturated carbocycles. The first-order chi connectivity index (χ1) is 9.73. The summed E-state index contributed by atoms with van der Waals surface area (Å²) >= 11 is 0. The molecule has 1 rings (SSSR count). The third kappa shape index (κ3) is 5.85. The Labute approximate surface area is 125 Å². The summed E-state index contributed by atoms with van der Waals surface area (Å²) in [4.78, 5) is 22.6. The summed E-state index contributed by atoms with van der Waals surface area (Å²) in [6.07, 6.45) is 1.07. The molecule has 0 aromatic heterocycles. The second-order valence-electron chi connectivity index (χ2n) is 6.17. The van der Waals surface area contributed by atoms with Crippen molar-refractivity contribution in [3.05, 3.63) is 29.3 Å². The van der Waals surface area contributed by atoms with Crippen LogP contribution in [-0.2, 0) is 11.2 Å². The van der Waals surface area contributed by atoms with Gasteiger partial charge in [-0.25, -0.2) is 4.79 Å². The van der Waals surface area contributed by atoms with Crippen LogP contribution in [0.5, 0.6) is 5.75 Å². The van der Waals surface area contributed by atoms with E-state index in [-0.39, 0.29) is 16.9 Å². The summed E-state index contributed by atoms with van der Waals surface area (Å²) in [5.74, 6) is -0.443. The first-order valence-corrected chi connectivity index (χ1v) is 6.90. The van der Waals surface area contributed by atoms with Crippen LogP contribution in [0.25, 0.3) is 0 Å². The third-order valence-electron chi connectivity index (χ3n) is 2.94. The number of carboxylic acids is 1. The van der Waals surface area contributed by atoms with E-state index in [1.807, 2.05) is 20.8 Å². The molecule has 0 aliphatic heterocycles. The maximum atomic E-state index is 11.7. The van der Waals surface area contributed by atoms with Crippen LogP contribution in [0.15, 0.2) is 18.2 Å². The maximum Gasteiger partial charge on any atom is 0.335 e.